The predicted molar refractivity (Wildman–Crippen MR) is 88.6 cm³/mol. The molecule has 0 aliphatic rings. The van der Waals surface area contributed by atoms with Gasteiger partial charge in [-0.25, -0.2) is 0 Å². The van der Waals surface area contributed by atoms with Crippen LogP contribution in [0.2, 0.25) is 10.0 Å². The van der Waals surface area contributed by atoms with E-state index in [9.17, 15) is 0 Å². The molecule has 1 unspecified atom stereocenters. The fourth-order valence-electron chi connectivity index (χ4n) is 1.98. The Morgan fingerprint density at radius 2 is 2.11 bits per heavy atom. The van der Waals surface area contributed by atoms with Crippen LogP contribution in [0.5, 0.6) is 0 Å². The number of hydrogen-bond acceptors (Lipinski definition) is 2. The van der Waals surface area contributed by atoms with Crippen LogP contribution in [-0.2, 0) is 6.42 Å². The molecule has 102 valence electrons. The highest BCUT2D eigenvalue weighted by molar-refractivity contribution is 9.10. The predicted octanol–water partition coefficient (Wildman–Crippen LogP) is 5.71. The van der Waals surface area contributed by atoms with Crippen LogP contribution in [0.15, 0.2) is 34.1 Å². The summed E-state index contributed by atoms with van der Waals surface area (Å²) >= 11 is 17.5. The lowest BCUT2D eigenvalue weighted by molar-refractivity contribution is 0.553. The van der Waals surface area contributed by atoms with Gasteiger partial charge in [0.2, 0.25) is 0 Å². The Morgan fingerprint density at radius 1 is 1.32 bits per heavy atom. The second-order valence-electron chi connectivity index (χ2n) is 4.21. The molecule has 0 saturated carbocycles. The van der Waals surface area contributed by atoms with Crippen molar-refractivity contribution < 1.29 is 0 Å². The summed E-state index contributed by atoms with van der Waals surface area (Å²) in [6.07, 6.45) is 0.922. The third-order valence-corrected chi connectivity index (χ3v) is 5.10. The van der Waals surface area contributed by atoms with Crippen LogP contribution in [0.1, 0.15) is 23.4 Å². The summed E-state index contributed by atoms with van der Waals surface area (Å²) in [6.45, 7) is 3.00. The lowest BCUT2D eigenvalue weighted by Crippen LogP contribution is -2.23. The minimum absolute atomic E-state index is 0.209. The van der Waals surface area contributed by atoms with Gasteiger partial charge in [0, 0.05) is 37.2 Å². The Morgan fingerprint density at radius 3 is 2.68 bits per heavy atom. The van der Waals surface area contributed by atoms with Crippen LogP contribution in [0, 0.1) is 0 Å². The maximum atomic E-state index is 6.30. The first kappa shape index (κ1) is 15.3. The molecule has 1 aromatic carbocycles. The van der Waals surface area contributed by atoms with Crippen molar-refractivity contribution in [1.29, 1.82) is 0 Å². The highest BCUT2D eigenvalue weighted by Crippen LogP contribution is 2.30. The third kappa shape index (κ3) is 4.20. The Balaban J connectivity index is 2.23. The van der Waals surface area contributed by atoms with E-state index < -0.39 is 0 Å². The normalized spacial score (nSPS) is 12.6. The minimum Gasteiger partial charge on any atom is -0.310 e. The van der Waals surface area contributed by atoms with Gasteiger partial charge < -0.3 is 5.32 Å². The Labute approximate surface area is 136 Å². The van der Waals surface area contributed by atoms with Gasteiger partial charge >= 0.3 is 0 Å². The molecule has 1 aromatic heterocycles. The van der Waals surface area contributed by atoms with Crippen molar-refractivity contribution >= 4 is 50.5 Å². The van der Waals surface area contributed by atoms with Crippen molar-refractivity contribution in [3.8, 4) is 0 Å². The fraction of sp³-hybridized carbons (Fsp3) is 0.286. The van der Waals surface area contributed by atoms with Gasteiger partial charge in [-0.05, 0) is 46.2 Å². The molecule has 2 rings (SSSR count). The molecule has 1 atom stereocenters. The van der Waals surface area contributed by atoms with Crippen molar-refractivity contribution in [3.05, 3.63) is 54.6 Å². The van der Waals surface area contributed by atoms with Crippen LogP contribution in [-0.4, -0.2) is 6.54 Å². The molecular formula is C14H14BrCl2NS. The molecule has 2 aromatic rings. The second kappa shape index (κ2) is 7.09. The van der Waals surface area contributed by atoms with Crippen molar-refractivity contribution in [1.82, 2.24) is 5.32 Å². The van der Waals surface area contributed by atoms with E-state index in [-0.39, 0.29) is 6.04 Å². The monoisotopic (exact) mass is 377 g/mol. The summed E-state index contributed by atoms with van der Waals surface area (Å²) in [5.74, 6) is 0. The molecule has 0 fully saturated rings. The number of rotatable bonds is 5. The number of likely N-dealkylation sites (N-methyl/N-ethyl adjacent to an activating group) is 1. The summed E-state index contributed by atoms with van der Waals surface area (Å²) in [5, 5.41) is 6.97. The number of benzene rings is 1. The summed E-state index contributed by atoms with van der Waals surface area (Å²) in [4.78, 5) is 1.32. The summed E-state index contributed by atoms with van der Waals surface area (Å²) < 4.78 is 1.13. The second-order valence-corrected chi connectivity index (χ2v) is 6.97. The molecular weight excluding hydrogens is 365 g/mol. The van der Waals surface area contributed by atoms with E-state index in [4.69, 9.17) is 23.2 Å². The maximum absolute atomic E-state index is 6.30. The Bertz CT molecular complexity index is 556. The molecule has 0 bridgehead atoms. The first-order valence-electron chi connectivity index (χ1n) is 6.01. The SMILES string of the molecule is CCNC(Cc1cc(Br)cs1)c1ccc(Cl)cc1Cl. The van der Waals surface area contributed by atoms with E-state index in [0.29, 0.717) is 10.0 Å². The van der Waals surface area contributed by atoms with Gasteiger partial charge in [0.05, 0.1) is 0 Å². The highest BCUT2D eigenvalue weighted by Gasteiger charge is 2.15. The molecule has 0 radical (unpaired) electrons. The first-order valence-corrected chi connectivity index (χ1v) is 8.44. The topological polar surface area (TPSA) is 12.0 Å². The zero-order chi connectivity index (χ0) is 13.8. The summed E-state index contributed by atoms with van der Waals surface area (Å²) in [6, 6.07) is 8.05. The molecule has 1 nitrogen and oxygen atoms in total. The molecule has 0 aliphatic carbocycles. The lowest BCUT2D eigenvalue weighted by atomic mass is 10.0. The van der Waals surface area contributed by atoms with Gasteiger partial charge in [0.15, 0.2) is 0 Å². The average Bonchev–Trinajstić information content (AvgIpc) is 2.74. The quantitative estimate of drug-likeness (QED) is 0.702. The molecule has 1 N–H and O–H groups in total. The van der Waals surface area contributed by atoms with E-state index in [1.807, 2.05) is 12.1 Å². The largest absolute Gasteiger partial charge is 0.310 e. The third-order valence-electron chi connectivity index (χ3n) is 2.82. The molecule has 0 amide bonds. The van der Waals surface area contributed by atoms with Crippen LogP contribution in [0.3, 0.4) is 0 Å². The van der Waals surface area contributed by atoms with Crippen LogP contribution >= 0.6 is 50.5 Å². The Hall–Kier alpha value is -0.0600. The molecule has 0 spiro atoms. The summed E-state index contributed by atoms with van der Waals surface area (Å²) in [5.41, 5.74) is 1.09. The van der Waals surface area contributed by atoms with Gasteiger partial charge in [-0.15, -0.1) is 11.3 Å². The van der Waals surface area contributed by atoms with E-state index >= 15 is 0 Å². The average molecular weight is 379 g/mol. The van der Waals surface area contributed by atoms with Crippen molar-refractivity contribution in [3.63, 3.8) is 0 Å². The highest BCUT2D eigenvalue weighted by atomic mass is 79.9. The van der Waals surface area contributed by atoms with E-state index in [1.54, 1.807) is 17.4 Å². The van der Waals surface area contributed by atoms with Gasteiger partial charge in [-0.1, -0.05) is 36.2 Å². The van der Waals surface area contributed by atoms with E-state index in [2.05, 4.69) is 39.6 Å². The molecule has 5 heteroatoms. The van der Waals surface area contributed by atoms with Gasteiger partial charge in [0.25, 0.3) is 0 Å². The van der Waals surface area contributed by atoms with Gasteiger partial charge in [-0.3, -0.25) is 0 Å². The number of hydrogen-bond donors (Lipinski definition) is 1. The molecule has 0 aliphatic heterocycles. The van der Waals surface area contributed by atoms with E-state index in [0.717, 1.165) is 23.0 Å². The van der Waals surface area contributed by atoms with E-state index in [1.165, 1.54) is 4.88 Å². The van der Waals surface area contributed by atoms with Crippen molar-refractivity contribution in [2.45, 2.75) is 19.4 Å². The van der Waals surface area contributed by atoms with Crippen molar-refractivity contribution in [2.24, 2.45) is 0 Å². The number of halogens is 3. The lowest BCUT2D eigenvalue weighted by Gasteiger charge is -2.19. The molecule has 19 heavy (non-hydrogen) atoms. The van der Waals surface area contributed by atoms with Gasteiger partial charge in [-0.2, -0.15) is 0 Å². The van der Waals surface area contributed by atoms with Crippen LogP contribution in [0.25, 0.3) is 0 Å². The molecule has 0 saturated heterocycles. The fourth-order valence-corrected chi connectivity index (χ4v) is 4.02. The van der Waals surface area contributed by atoms with Crippen LogP contribution < -0.4 is 5.32 Å². The Kier molecular flexibility index (Phi) is 5.72. The van der Waals surface area contributed by atoms with Crippen LogP contribution in [0.4, 0.5) is 0 Å². The van der Waals surface area contributed by atoms with Gasteiger partial charge in [0.1, 0.15) is 0 Å². The van der Waals surface area contributed by atoms with Crippen molar-refractivity contribution in [2.75, 3.05) is 6.54 Å². The first-order chi connectivity index (χ1) is 9.10. The molecule has 1 heterocycles. The number of nitrogens with one attached hydrogen (secondary N) is 1. The minimum atomic E-state index is 0.209. The zero-order valence-corrected chi connectivity index (χ0v) is 14.3. The maximum Gasteiger partial charge on any atom is 0.0468 e. The standard InChI is InChI=1S/C14H14BrCl2NS/c1-2-18-14(7-11-5-9(15)8-19-11)12-4-3-10(16)6-13(12)17/h3-6,8,14,18H,2,7H2,1H3. The smallest absolute Gasteiger partial charge is 0.0468 e. The number of thiophene rings is 1. The zero-order valence-electron chi connectivity index (χ0n) is 10.4. The summed E-state index contributed by atoms with van der Waals surface area (Å²) in [7, 11) is 0.